The number of hydrogen-bond donors (Lipinski definition) is 1. The van der Waals surface area contributed by atoms with Crippen LogP contribution in [0.25, 0.3) is 0 Å². The largest absolute Gasteiger partial charge is 0.495 e. The highest BCUT2D eigenvalue weighted by Crippen LogP contribution is 2.27. The van der Waals surface area contributed by atoms with E-state index in [2.05, 4.69) is 6.92 Å². The van der Waals surface area contributed by atoms with Crippen molar-refractivity contribution in [2.24, 2.45) is 0 Å². The van der Waals surface area contributed by atoms with Crippen molar-refractivity contribution in [3.05, 3.63) is 18.2 Å². The molecule has 3 heteroatoms. The molecule has 2 nitrogen and oxygen atoms in total. The Hall–Kier alpha value is -0.830. The van der Waals surface area contributed by atoms with Crippen molar-refractivity contribution in [1.29, 1.82) is 0 Å². The van der Waals surface area contributed by atoms with Crippen molar-refractivity contribution >= 4 is 17.4 Å². The maximum Gasteiger partial charge on any atom is 0.141 e. The molecule has 0 unspecified atom stereocenters. The zero-order chi connectivity index (χ0) is 9.68. The Morgan fingerprint density at radius 1 is 1.46 bits per heavy atom. The highest BCUT2D eigenvalue weighted by Gasteiger charge is 1.99. The fourth-order valence-corrected chi connectivity index (χ4v) is 1.84. The fourth-order valence-electron chi connectivity index (χ4n) is 1.02. The summed E-state index contributed by atoms with van der Waals surface area (Å²) in [5.41, 5.74) is 6.48. The van der Waals surface area contributed by atoms with Crippen LogP contribution in [0.3, 0.4) is 0 Å². The zero-order valence-corrected chi connectivity index (χ0v) is 8.86. The first-order valence-corrected chi connectivity index (χ1v) is 5.32. The van der Waals surface area contributed by atoms with E-state index in [0.29, 0.717) is 5.69 Å². The van der Waals surface area contributed by atoms with Crippen LogP contribution in [0.1, 0.15) is 13.3 Å². The maximum absolute atomic E-state index is 5.77. The van der Waals surface area contributed by atoms with E-state index in [-0.39, 0.29) is 0 Å². The molecule has 2 N–H and O–H groups in total. The molecule has 13 heavy (non-hydrogen) atoms. The molecule has 72 valence electrons. The van der Waals surface area contributed by atoms with Crippen LogP contribution in [0.4, 0.5) is 5.69 Å². The van der Waals surface area contributed by atoms with E-state index < -0.39 is 0 Å². The van der Waals surface area contributed by atoms with Crippen LogP contribution >= 0.6 is 11.8 Å². The van der Waals surface area contributed by atoms with Crippen LogP contribution in [-0.4, -0.2) is 12.9 Å². The number of thioether (sulfide) groups is 1. The van der Waals surface area contributed by atoms with E-state index in [1.165, 1.54) is 11.3 Å². The first kappa shape index (κ1) is 10.3. The molecule has 0 saturated carbocycles. The Bertz CT molecular complexity index is 276. The van der Waals surface area contributed by atoms with Gasteiger partial charge < -0.3 is 10.5 Å². The summed E-state index contributed by atoms with van der Waals surface area (Å²) >= 11 is 1.82. The number of anilines is 1. The second kappa shape index (κ2) is 5.02. The van der Waals surface area contributed by atoms with Gasteiger partial charge >= 0.3 is 0 Å². The smallest absolute Gasteiger partial charge is 0.141 e. The van der Waals surface area contributed by atoms with E-state index in [9.17, 15) is 0 Å². The molecule has 1 aromatic carbocycles. The molecule has 0 aromatic heterocycles. The van der Waals surface area contributed by atoms with Crippen molar-refractivity contribution in [2.75, 3.05) is 18.6 Å². The molecular weight excluding hydrogens is 182 g/mol. The zero-order valence-electron chi connectivity index (χ0n) is 8.04. The van der Waals surface area contributed by atoms with Crippen molar-refractivity contribution in [1.82, 2.24) is 0 Å². The minimum absolute atomic E-state index is 0.712. The Morgan fingerprint density at radius 3 is 2.77 bits per heavy atom. The third-order valence-corrected chi connectivity index (χ3v) is 2.87. The molecular formula is C10H15NOS. The molecule has 0 atom stereocenters. The lowest BCUT2D eigenvalue weighted by molar-refractivity contribution is 0.416. The minimum Gasteiger partial charge on any atom is -0.495 e. The summed E-state index contributed by atoms with van der Waals surface area (Å²) in [5, 5.41) is 0. The van der Waals surface area contributed by atoms with Gasteiger partial charge in [0.25, 0.3) is 0 Å². The molecule has 0 fully saturated rings. The van der Waals surface area contributed by atoms with Gasteiger partial charge in [0.05, 0.1) is 12.8 Å². The normalized spacial score (nSPS) is 10.0. The number of hydrogen-bond acceptors (Lipinski definition) is 3. The Morgan fingerprint density at radius 2 is 2.23 bits per heavy atom. The Balaban J connectivity index is 2.71. The van der Waals surface area contributed by atoms with Gasteiger partial charge in [0.2, 0.25) is 0 Å². The molecule has 0 aliphatic carbocycles. The number of rotatable bonds is 4. The molecule has 0 radical (unpaired) electrons. The third kappa shape index (κ3) is 2.84. The van der Waals surface area contributed by atoms with Crippen LogP contribution < -0.4 is 10.5 Å². The van der Waals surface area contributed by atoms with Gasteiger partial charge in [0, 0.05) is 4.90 Å². The lowest BCUT2D eigenvalue weighted by Crippen LogP contribution is -1.92. The predicted octanol–water partition coefficient (Wildman–Crippen LogP) is 2.78. The highest BCUT2D eigenvalue weighted by molar-refractivity contribution is 7.99. The van der Waals surface area contributed by atoms with Gasteiger partial charge in [-0.3, -0.25) is 0 Å². The quantitative estimate of drug-likeness (QED) is 0.595. The molecule has 1 aromatic rings. The Kier molecular flexibility index (Phi) is 3.96. The van der Waals surface area contributed by atoms with Crippen LogP contribution in [0.2, 0.25) is 0 Å². The molecule has 0 amide bonds. The summed E-state index contributed by atoms with van der Waals surface area (Å²) in [5.74, 6) is 1.88. The van der Waals surface area contributed by atoms with Gasteiger partial charge in [0.15, 0.2) is 0 Å². The summed E-state index contributed by atoms with van der Waals surface area (Å²) in [6.45, 7) is 2.17. The van der Waals surface area contributed by atoms with Gasteiger partial charge in [-0.05, 0) is 30.4 Å². The number of ether oxygens (including phenoxy) is 1. The lowest BCUT2D eigenvalue weighted by atomic mass is 10.3. The minimum atomic E-state index is 0.712. The van der Waals surface area contributed by atoms with Gasteiger partial charge in [-0.2, -0.15) is 0 Å². The van der Waals surface area contributed by atoms with Gasteiger partial charge in [-0.1, -0.05) is 6.92 Å². The first-order valence-electron chi connectivity index (χ1n) is 4.34. The number of nitrogen functional groups attached to an aromatic ring is 1. The van der Waals surface area contributed by atoms with E-state index in [1.54, 1.807) is 7.11 Å². The second-order valence-corrected chi connectivity index (χ2v) is 3.92. The predicted molar refractivity (Wildman–Crippen MR) is 58.4 cm³/mol. The summed E-state index contributed by atoms with van der Waals surface area (Å²) in [7, 11) is 1.63. The topological polar surface area (TPSA) is 35.2 Å². The standard InChI is InChI=1S/C10H15NOS/c1-3-6-13-8-4-5-10(12-2)9(11)7-8/h4-5,7H,3,6,11H2,1-2H3. The van der Waals surface area contributed by atoms with Gasteiger partial charge in [-0.15, -0.1) is 11.8 Å². The van der Waals surface area contributed by atoms with Crippen LogP contribution in [0, 0.1) is 0 Å². The molecule has 0 aliphatic rings. The molecule has 1 rings (SSSR count). The van der Waals surface area contributed by atoms with Crippen LogP contribution in [0.5, 0.6) is 5.75 Å². The van der Waals surface area contributed by atoms with E-state index in [0.717, 1.165) is 11.5 Å². The van der Waals surface area contributed by atoms with E-state index in [1.807, 2.05) is 30.0 Å². The summed E-state index contributed by atoms with van der Waals surface area (Å²) < 4.78 is 5.07. The number of benzene rings is 1. The second-order valence-electron chi connectivity index (χ2n) is 2.75. The summed E-state index contributed by atoms with van der Waals surface area (Å²) in [6.07, 6.45) is 1.18. The maximum atomic E-state index is 5.77. The average molecular weight is 197 g/mol. The highest BCUT2D eigenvalue weighted by atomic mass is 32.2. The Labute approximate surface area is 83.5 Å². The van der Waals surface area contributed by atoms with Crippen LogP contribution in [0.15, 0.2) is 23.1 Å². The fraction of sp³-hybridized carbons (Fsp3) is 0.400. The monoisotopic (exact) mass is 197 g/mol. The van der Waals surface area contributed by atoms with E-state index in [4.69, 9.17) is 10.5 Å². The molecule has 0 aliphatic heterocycles. The lowest BCUT2D eigenvalue weighted by Gasteiger charge is -2.06. The van der Waals surface area contributed by atoms with Gasteiger partial charge in [0.1, 0.15) is 5.75 Å². The summed E-state index contributed by atoms with van der Waals surface area (Å²) in [6, 6.07) is 5.90. The average Bonchev–Trinajstić information content (AvgIpc) is 2.15. The molecule has 0 bridgehead atoms. The van der Waals surface area contributed by atoms with Crippen molar-refractivity contribution in [2.45, 2.75) is 18.2 Å². The third-order valence-electron chi connectivity index (χ3n) is 1.67. The summed E-state index contributed by atoms with van der Waals surface area (Å²) in [4.78, 5) is 1.21. The van der Waals surface area contributed by atoms with Crippen molar-refractivity contribution in [3.63, 3.8) is 0 Å². The van der Waals surface area contributed by atoms with Crippen molar-refractivity contribution in [3.8, 4) is 5.75 Å². The molecule has 0 saturated heterocycles. The number of nitrogens with two attached hydrogens (primary N) is 1. The van der Waals surface area contributed by atoms with Crippen molar-refractivity contribution < 1.29 is 4.74 Å². The van der Waals surface area contributed by atoms with E-state index >= 15 is 0 Å². The number of methoxy groups -OCH3 is 1. The first-order chi connectivity index (χ1) is 6.27. The molecule has 0 heterocycles. The van der Waals surface area contributed by atoms with Gasteiger partial charge in [-0.25, -0.2) is 0 Å². The SMILES string of the molecule is CCCSc1ccc(OC)c(N)c1. The van der Waals surface area contributed by atoms with Crippen LogP contribution in [-0.2, 0) is 0 Å². The molecule has 0 spiro atoms.